The monoisotopic (exact) mass is 429 g/mol. The number of aliphatic hydroxyl groups is 1. The Bertz CT molecular complexity index is 1030. The number of nitrogens with zero attached hydrogens (tertiary/aromatic N) is 1. The molecule has 8 heteroatoms. The molecule has 0 aromatic heterocycles. The van der Waals surface area contributed by atoms with Crippen LogP contribution in [0.5, 0.6) is 0 Å². The minimum Gasteiger partial charge on any atom is -0.507 e. The quantitative estimate of drug-likeness (QED) is 0.286. The zero-order valence-electron chi connectivity index (χ0n) is 16.6. The topological polar surface area (TPSA) is 94.9 Å². The van der Waals surface area contributed by atoms with Crippen molar-refractivity contribution < 1.29 is 33.4 Å². The van der Waals surface area contributed by atoms with Gasteiger partial charge >= 0.3 is 5.97 Å². The number of rotatable bonds is 8. The Hall–Kier alpha value is -3.55. The molecule has 1 unspecified atom stereocenters. The lowest BCUT2D eigenvalue weighted by Crippen LogP contribution is -2.31. The van der Waals surface area contributed by atoms with Gasteiger partial charge in [0.05, 0.1) is 11.6 Å². The summed E-state index contributed by atoms with van der Waals surface area (Å²) in [6.45, 7) is 0.0867. The molecule has 0 bridgehead atoms. The summed E-state index contributed by atoms with van der Waals surface area (Å²) in [5, 5.41) is 19.5. The number of hydrogen-bond donors (Lipinski definition) is 2. The zero-order chi connectivity index (χ0) is 22.5. The molecule has 3 rings (SSSR count). The van der Waals surface area contributed by atoms with Crippen molar-refractivity contribution in [3.8, 4) is 0 Å². The Kier molecular flexibility index (Phi) is 6.79. The molecule has 1 amide bonds. The summed E-state index contributed by atoms with van der Waals surface area (Å²) in [6.07, 6.45) is 1.29. The fourth-order valence-electron chi connectivity index (χ4n) is 3.63. The van der Waals surface area contributed by atoms with Crippen LogP contribution in [0, 0.1) is 11.6 Å². The van der Waals surface area contributed by atoms with Crippen molar-refractivity contribution in [1.29, 1.82) is 0 Å². The van der Waals surface area contributed by atoms with Gasteiger partial charge in [-0.2, -0.15) is 0 Å². The number of ketones is 1. The molecule has 1 saturated heterocycles. The zero-order valence-corrected chi connectivity index (χ0v) is 16.6. The fourth-order valence-corrected chi connectivity index (χ4v) is 3.63. The van der Waals surface area contributed by atoms with Crippen molar-refractivity contribution in [2.45, 2.75) is 31.7 Å². The van der Waals surface area contributed by atoms with E-state index in [0.29, 0.717) is 19.3 Å². The number of aliphatic hydroxyl groups excluding tert-OH is 1. The molecule has 31 heavy (non-hydrogen) atoms. The van der Waals surface area contributed by atoms with E-state index in [-0.39, 0.29) is 29.7 Å². The van der Waals surface area contributed by atoms with E-state index >= 15 is 0 Å². The maximum Gasteiger partial charge on any atom is 0.303 e. The lowest BCUT2D eigenvalue weighted by Gasteiger charge is -2.25. The molecule has 0 spiro atoms. The summed E-state index contributed by atoms with van der Waals surface area (Å²) >= 11 is 0. The van der Waals surface area contributed by atoms with Crippen LogP contribution < -0.4 is 0 Å². The Balaban J connectivity index is 1.99. The number of likely N-dealkylation sites (tertiary alicyclic amines) is 1. The lowest BCUT2D eigenvalue weighted by atomic mass is 9.95. The number of amides is 1. The number of carboxylic acid groups (broad SMARTS) is 1. The van der Waals surface area contributed by atoms with Gasteiger partial charge in [0.2, 0.25) is 0 Å². The summed E-state index contributed by atoms with van der Waals surface area (Å²) < 4.78 is 27.9. The van der Waals surface area contributed by atoms with Crippen LogP contribution in [0.1, 0.15) is 42.9 Å². The fraction of sp³-hybridized carbons (Fsp3) is 0.261. The highest BCUT2D eigenvalue weighted by Gasteiger charge is 2.46. The van der Waals surface area contributed by atoms with Crippen LogP contribution in [0.25, 0.3) is 5.76 Å². The smallest absolute Gasteiger partial charge is 0.303 e. The second-order valence-electron chi connectivity index (χ2n) is 7.23. The van der Waals surface area contributed by atoms with E-state index in [1.807, 2.05) is 0 Å². The number of carboxylic acids is 1. The summed E-state index contributed by atoms with van der Waals surface area (Å²) in [5.74, 6) is -4.46. The number of unbranched alkanes of at least 4 members (excludes halogenated alkanes) is 2. The average molecular weight is 429 g/mol. The Labute approximate surface area is 177 Å². The van der Waals surface area contributed by atoms with E-state index in [0.717, 1.165) is 12.1 Å². The molecule has 1 aliphatic rings. The predicted molar refractivity (Wildman–Crippen MR) is 108 cm³/mol. The SMILES string of the molecule is O=C(O)CCCCCN1C(=O)C(=O)/C(=C(\O)c2ccc(F)cc2)C1c1ccccc1F. The van der Waals surface area contributed by atoms with Gasteiger partial charge in [-0.05, 0) is 43.2 Å². The number of halogens is 2. The number of carbonyl (C=O) groups excluding carboxylic acids is 2. The predicted octanol–water partition coefficient (Wildman–Crippen LogP) is 4.03. The van der Waals surface area contributed by atoms with Crippen LogP contribution in [-0.4, -0.2) is 39.3 Å². The molecule has 2 aromatic carbocycles. The number of benzene rings is 2. The van der Waals surface area contributed by atoms with Crippen molar-refractivity contribution in [1.82, 2.24) is 4.90 Å². The molecule has 1 atom stereocenters. The maximum atomic E-state index is 14.6. The molecule has 1 heterocycles. The highest BCUT2D eigenvalue weighted by molar-refractivity contribution is 6.46. The first-order chi connectivity index (χ1) is 14.8. The number of carbonyl (C=O) groups is 3. The van der Waals surface area contributed by atoms with E-state index in [9.17, 15) is 28.3 Å². The first-order valence-electron chi connectivity index (χ1n) is 9.82. The Morgan fingerprint density at radius 3 is 2.26 bits per heavy atom. The molecule has 2 aromatic rings. The highest BCUT2D eigenvalue weighted by atomic mass is 19.1. The second kappa shape index (κ2) is 9.51. The largest absolute Gasteiger partial charge is 0.507 e. The van der Waals surface area contributed by atoms with Gasteiger partial charge in [-0.1, -0.05) is 24.6 Å². The first-order valence-corrected chi connectivity index (χ1v) is 9.82. The van der Waals surface area contributed by atoms with Gasteiger partial charge in [-0.15, -0.1) is 0 Å². The average Bonchev–Trinajstić information content (AvgIpc) is 2.98. The van der Waals surface area contributed by atoms with Crippen LogP contribution in [0.3, 0.4) is 0 Å². The van der Waals surface area contributed by atoms with E-state index in [1.165, 1.54) is 35.2 Å². The van der Waals surface area contributed by atoms with Gasteiger partial charge in [0, 0.05) is 24.1 Å². The highest BCUT2D eigenvalue weighted by Crippen LogP contribution is 2.40. The van der Waals surface area contributed by atoms with Gasteiger partial charge in [0.1, 0.15) is 17.4 Å². The molecule has 6 nitrogen and oxygen atoms in total. The van der Waals surface area contributed by atoms with Gasteiger partial charge < -0.3 is 15.1 Å². The van der Waals surface area contributed by atoms with Gasteiger partial charge in [0.25, 0.3) is 11.7 Å². The summed E-state index contributed by atoms with van der Waals surface area (Å²) in [4.78, 5) is 37.4. The standard InChI is InChI=1S/C23H21F2NO5/c24-15-11-9-14(10-12-15)21(29)19-20(16-6-3-4-7-17(16)25)26(23(31)22(19)30)13-5-1-2-8-18(27)28/h3-4,6-7,9-12,20,29H,1-2,5,8,13H2,(H,27,28)/b21-19-. The minimum absolute atomic E-state index is 0.0138. The molecule has 0 aliphatic carbocycles. The molecule has 162 valence electrons. The first kappa shape index (κ1) is 22.1. The van der Waals surface area contributed by atoms with E-state index < -0.39 is 41.1 Å². The lowest BCUT2D eigenvalue weighted by molar-refractivity contribution is -0.140. The molecule has 1 aliphatic heterocycles. The second-order valence-corrected chi connectivity index (χ2v) is 7.23. The van der Waals surface area contributed by atoms with Gasteiger partial charge in [-0.25, -0.2) is 8.78 Å². The summed E-state index contributed by atoms with van der Waals surface area (Å²) in [6, 6.07) is 9.25. The van der Waals surface area contributed by atoms with Crippen LogP contribution in [0.4, 0.5) is 8.78 Å². The van der Waals surface area contributed by atoms with Crippen LogP contribution in [0.15, 0.2) is 54.1 Å². The third kappa shape index (κ3) is 4.79. The van der Waals surface area contributed by atoms with Gasteiger partial charge in [-0.3, -0.25) is 14.4 Å². The maximum absolute atomic E-state index is 14.6. The van der Waals surface area contributed by atoms with Crippen molar-refractivity contribution in [2.75, 3.05) is 6.54 Å². The summed E-state index contributed by atoms with van der Waals surface area (Å²) in [5.41, 5.74) is -0.0923. The molecule has 1 fully saturated rings. The van der Waals surface area contributed by atoms with Crippen molar-refractivity contribution in [3.63, 3.8) is 0 Å². The Morgan fingerprint density at radius 2 is 1.61 bits per heavy atom. The van der Waals surface area contributed by atoms with Crippen LogP contribution in [0.2, 0.25) is 0 Å². The number of Topliss-reactive ketones (excluding diaryl/α,β-unsaturated/α-hetero) is 1. The summed E-state index contributed by atoms with van der Waals surface area (Å²) in [7, 11) is 0. The molecule has 2 N–H and O–H groups in total. The molecule has 0 saturated carbocycles. The van der Waals surface area contributed by atoms with Crippen LogP contribution in [-0.2, 0) is 14.4 Å². The van der Waals surface area contributed by atoms with Gasteiger partial charge in [0.15, 0.2) is 0 Å². The van der Waals surface area contributed by atoms with Crippen LogP contribution >= 0.6 is 0 Å². The van der Waals surface area contributed by atoms with Crippen molar-refractivity contribution >= 4 is 23.4 Å². The van der Waals surface area contributed by atoms with E-state index in [4.69, 9.17) is 5.11 Å². The minimum atomic E-state index is -1.15. The van der Waals surface area contributed by atoms with Crippen molar-refractivity contribution in [2.24, 2.45) is 0 Å². The van der Waals surface area contributed by atoms with E-state index in [2.05, 4.69) is 0 Å². The van der Waals surface area contributed by atoms with Crippen molar-refractivity contribution in [3.05, 3.63) is 76.9 Å². The third-order valence-electron chi connectivity index (χ3n) is 5.15. The number of hydrogen-bond acceptors (Lipinski definition) is 4. The molecular weight excluding hydrogens is 408 g/mol. The molecule has 0 radical (unpaired) electrons. The normalized spacial score (nSPS) is 17.9. The number of aliphatic carboxylic acids is 1. The Morgan fingerprint density at radius 1 is 0.935 bits per heavy atom. The third-order valence-corrected chi connectivity index (χ3v) is 5.15. The van der Waals surface area contributed by atoms with E-state index in [1.54, 1.807) is 6.07 Å². The molecular formula is C23H21F2NO5.